The zero-order valence-electron chi connectivity index (χ0n) is 10.5. The molecule has 0 spiro atoms. The Kier molecular flexibility index (Phi) is 2.74. The molecule has 2 heterocycles. The number of hydrogen-bond donors (Lipinski definition) is 1. The van der Waals surface area contributed by atoms with E-state index in [0.29, 0.717) is 11.3 Å². The predicted molar refractivity (Wildman–Crippen MR) is 67.5 cm³/mol. The van der Waals surface area contributed by atoms with E-state index in [9.17, 15) is 4.79 Å². The Labute approximate surface area is 109 Å². The van der Waals surface area contributed by atoms with Crippen molar-refractivity contribution >= 4 is 5.97 Å². The van der Waals surface area contributed by atoms with Crippen LogP contribution in [0.4, 0.5) is 0 Å². The van der Waals surface area contributed by atoms with Crippen LogP contribution in [-0.2, 0) is 6.42 Å². The summed E-state index contributed by atoms with van der Waals surface area (Å²) in [4.78, 5) is 11.1. The molecule has 0 bridgehead atoms. The van der Waals surface area contributed by atoms with E-state index in [1.165, 1.54) is 0 Å². The Bertz CT molecular complexity index is 645. The van der Waals surface area contributed by atoms with Crippen molar-refractivity contribution in [2.24, 2.45) is 0 Å². The van der Waals surface area contributed by atoms with Gasteiger partial charge >= 0.3 is 5.97 Å². The van der Waals surface area contributed by atoms with Gasteiger partial charge in [0.05, 0.1) is 12.2 Å². The van der Waals surface area contributed by atoms with Crippen molar-refractivity contribution in [2.75, 3.05) is 6.61 Å². The summed E-state index contributed by atoms with van der Waals surface area (Å²) in [6, 6.07) is 5.68. The van der Waals surface area contributed by atoms with Crippen molar-refractivity contribution in [3.05, 3.63) is 35.2 Å². The Morgan fingerprint density at radius 3 is 3.05 bits per heavy atom. The van der Waals surface area contributed by atoms with Gasteiger partial charge in [0.25, 0.3) is 0 Å². The molecule has 5 nitrogen and oxygen atoms in total. The summed E-state index contributed by atoms with van der Waals surface area (Å²) in [5.74, 6) is 0.302. The van der Waals surface area contributed by atoms with Crippen LogP contribution in [0, 0.1) is 6.92 Å². The van der Waals surface area contributed by atoms with Crippen molar-refractivity contribution in [3.8, 4) is 16.9 Å². The van der Waals surface area contributed by atoms with Crippen LogP contribution >= 0.6 is 0 Å². The minimum absolute atomic E-state index is 0.0471. The van der Waals surface area contributed by atoms with Crippen molar-refractivity contribution in [1.29, 1.82) is 0 Å². The van der Waals surface area contributed by atoms with Gasteiger partial charge in [0.15, 0.2) is 5.69 Å². The molecule has 5 heteroatoms. The van der Waals surface area contributed by atoms with Crippen molar-refractivity contribution in [1.82, 2.24) is 5.16 Å². The molecular formula is C14H13NO4. The predicted octanol–water partition coefficient (Wildman–Crippen LogP) is 2.67. The molecule has 1 N–H and O–H groups in total. The van der Waals surface area contributed by atoms with Gasteiger partial charge in [-0.3, -0.25) is 0 Å². The third-order valence-electron chi connectivity index (χ3n) is 3.26. The zero-order chi connectivity index (χ0) is 13.4. The quantitative estimate of drug-likeness (QED) is 0.897. The van der Waals surface area contributed by atoms with Crippen LogP contribution in [0.25, 0.3) is 11.1 Å². The number of nitrogens with zero attached hydrogens (tertiary/aromatic N) is 1. The molecule has 0 aliphatic carbocycles. The molecule has 0 unspecified atom stereocenters. The van der Waals surface area contributed by atoms with E-state index in [0.717, 1.165) is 36.3 Å². The van der Waals surface area contributed by atoms with E-state index in [2.05, 4.69) is 5.16 Å². The maximum Gasteiger partial charge on any atom is 0.358 e. The van der Waals surface area contributed by atoms with Crippen LogP contribution in [0.3, 0.4) is 0 Å². The minimum Gasteiger partial charge on any atom is -0.493 e. The third-order valence-corrected chi connectivity index (χ3v) is 3.26. The second kappa shape index (κ2) is 4.42. The van der Waals surface area contributed by atoms with Crippen LogP contribution in [0.15, 0.2) is 22.7 Å². The molecule has 2 aromatic rings. The molecule has 0 radical (unpaired) electrons. The summed E-state index contributed by atoms with van der Waals surface area (Å²) in [6.45, 7) is 2.45. The van der Waals surface area contributed by atoms with Crippen molar-refractivity contribution in [2.45, 2.75) is 19.8 Å². The zero-order valence-corrected chi connectivity index (χ0v) is 10.5. The SMILES string of the molecule is Cc1onc(C(=O)O)c1-c1ccc2c(c1)CCCO2. The average molecular weight is 259 g/mol. The highest BCUT2D eigenvalue weighted by molar-refractivity contribution is 5.94. The third kappa shape index (κ3) is 1.97. The summed E-state index contributed by atoms with van der Waals surface area (Å²) in [6.07, 6.45) is 1.92. The van der Waals surface area contributed by atoms with E-state index < -0.39 is 5.97 Å². The number of carbonyl (C=O) groups is 1. The molecule has 19 heavy (non-hydrogen) atoms. The van der Waals surface area contributed by atoms with E-state index in [-0.39, 0.29) is 5.69 Å². The van der Waals surface area contributed by atoms with Crippen LogP contribution < -0.4 is 4.74 Å². The molecule has 1 aliphatic rings. The Balaban J connectivity index is 2.12. The molecule has 1 aliphatic heterocycles. The van der Waals surface area contributed by atoms with Gasteiger partial charge in [-0.2, -0.15) is 0 Å². The maximum atomic E-state index is 11.1. The number of fused-ring (bicyclic) bond motifs is 1. The van der Waals surface area contributed by atoms with Gasteiger partial charge in [0.2, 0.25) is 0 Å². The highest BCUT2D eigenvalue weighted by Crippen LogP contribution is 2.33. The molecular weight excluding hydrogens is 246 g/mol. The lowest BCUT2D eigenvalue weighted by Crippen LogP contribution is -2.08. The summed E-state index contributed by atoms with van der Waals surface area (Å²) in [5.41, 5.74) is 2.40. The highest BCUT2D eigenvalue weighted by Gasteiger charge is 2.21. The van der Waals surface area contributed by atoms with Gasteiger partial charge in [-0.25, -0.2) is 4.79 Å². The Morgan fingerprint density at radius 1 is 1.42 bits per heavy atom. The van der Waals surface area contributed by atoms with Gasteiger partial charge in [-0.05, 0) is 43.0 Å². The summed E-state index contributed by atoms with van der Waals surface area (Å²) < 4.78 is 10.5. The first-order valence-electron chi connectivity index (χ1n) is 6.12. The molecule has 3 rings (SSSR count). The van der Waals surface area contributed by atoms with Gasteiger partial charge in [0, 0.05) is 0 Å². The molecule has 1 aromatic carbocycles. The second-order valence-electron chi connectivity index (χ2n) is 4.54. The van der Waals surface area contributed by atoms with E-state index in [4.69, 9.17) is 14.4 Å². The maximum absolute atomic E-state index is 11.1. The first-order chi connectivity index (χ1) is 9.16. The fourth-order valence-electron chi connectivity index (χ4n) is 2.37. The fraction of sp³-hybridized carbons (Fsp3) is 0.286. The molecule has 0 amide bonds. The molecule has 0 saturated heterocycles. The monoisotopic (exact) mass is 259 g/mol. The topological polar surface area (TPSA) is 72.6 Å². The number of carboxylic acid groups (broad SMARTS) is 1. The average Bonchev–Trinajstić information content (AvgIpc) is 2.80. The Hall–Kier alpha value is -2.30. The Morgan fingerprint density at radius 2 is 2.26 bits per heavy atom. The number of carboxylic acids is 1. The fourth-order valence-corrected chi connectivity index (χ4v) is 2.37. The smallest absolute Gasteiger partial charge is 0.358 e. The number of aromatic carboxylic acids is 1. The molecule has 1 aromatic heterocycles. The summed E-state index contributed by atoms with van der Waals surface area (Å²) in [7, 11) is 0. The first kappa shape index (κ1) is 11.8. The van der Waals surface area contributed by atoms with Gasteiger partial charge < -0.3 is 14.4 Å². The number of aromatic nitrogens is 1. The highest BCUT2D eigenvalue weighted by atomic mass is 16.5. The van der Waals surface area contributed by atoms with Crippen LogP contribution in [0.2, 0.25) is 0 Å². The second-order valence-corrected chi connectivity index (χ2v) is 4.54. The van der Waals surface area contributed by atoms with Gasteiger partial charge in [-0.1, -0.05) is 11.2 Å². The molecule has 0 saturated carbocycles. The van der Waals surface area contributed by atoms with E-state index in [1.54, 1.807) is 6.92 Å². The largest absolute Gasteiger partial charge is 0.493 e. The normalized spacial score (nSPS) is 13.7. The number of hydrogen-bond acceptors (Lipinski definition) is 4. The van der Waals surface area contributed by atoms with E-state index >= 15 is 0 Å². The number of rotatable bonds is 2. The molecule has 98 valence electrons. The summed E-state index contributed by atoms with van der Waals surface area (Å²) in [5, 5.41) is 12.7. The van der Waals surface area contributed by atoms with Crippen molar-refractivity contribution in [3.63, 3.8) is 0 Å². The van der Waals surface area contributed by atoms with Crippen LogP contribution in [-0.4, -0.2) is 22.8 Å². The van der Waals surface area contributed by atoms with Gasteiger partial charge in [0.1, 0.15) is 11.5 Å². The standard InChI is InChI=1S/C14H13NO4/c1-8-12(13(14(16)17)15-19-8)10-4-5-11-9(7-10)3-2-6-18-11/h4-5,7H,2-3,6H2,1H3,(H,16,17). The number of aryl methyl sites for hydroxylation is 2. The number of ether oxygens (including phenoxy) is 1. The number of benzene rings is 1. The van der Waals surface area contributed by atoms with Crippen molar-refractivity contribution < 1.29 is 19.2 Å². The van der Waals surface area contributed by atoms with E-state index in [1.807, 2.05) is 18.2 Å². The lowest BCUT2D eigenvalue weighted by Gasteiger charge is -2.17. The minimum atomic E-state index is -1.08. The lowest BCUT2D eigenvalue weighted by molar-refractivity contribution is 0.0686. The van der Waals surface area contributed by atoms with Crippen LogP contribution in [0.5, 0.6) is 5.75 Å². The lowest BCUT2D eigenvalue weighted by atomic mass is 9.98. The van der Waals surface area contributed by atoms with Gasteiger partial charge in [-0.15, -0.1) is 0 Å². The van der Waals surface area contributed by atoms with Crippen LogP contribution in [0.1, 0.15) is 28.2 Å². The first-order valence-corrected chi connectivity index (χ1v) is 6.12. The molecule has 0 atom stereocenters. The summed E-state index contributed by atoms with van der Waals surface area (Å²) >= 11 is 0. The molecule has 0 fully saturated rings.